The van der Waals surface area contributed by atoms with Crippen LogP contribution in [0.2, 0.25) is 0 Å². The molecule has 0 aromatic rings. The van der Waals surface area contributed by atoms with Crippen LogP contribution in [0.25, 0.3) is 0 Å². The van der Waals surface area contributed by atoms with Crippen LogP contribution in [-0.4, -0.2) is 16.4 Å². The zero-order chi connectivity index (χ0) is 9.81. The summed E-state index contributed by atoms with van der Waals surface area (Å²) in [4.78, 5) is 0. The third kappa shape index (κ3) is 2.04. The summed E-state index contributed by atoms with van der Waals surface area (Å²) in [5.41, 5.74) is 0.516. The SMILES string of the molecule is Br.CCNC12C[C@@H]3C[C@@H](CC(Br)(C3)C1)C2. The Hall–Kier alpha value is 0.920. The van der Waals surface area contributed by atoms with Gasteiger partial charge in [-0.2, -0.15) is 0 Å². The molecule has 3 heteroatoms. The minimum atomic E-state index is 0. The number of hydrogen-bond acceptors (Lipinski definition) is 1. The predicted molar refractivity (Wildman–Crippen MR) is 73.1 cm³/mol. The number of halogens is 2. The van der Waals surface area contributed by atoms with E-state index in [9.17, 15) is 0 Å². The quantitative estimate of drug-likeness (QED) is 0.757. The number of nitrogens with one attached hydrogen (secondary N) is 1. The van der Waals surface area contributed by atoms with Crippen molar-refractivity contribution in [3.05, 3.63) is 0 Å². The van der Waals surface area contributed by atoms with E-state index in [1.54, 1.807) is 0 Å². The highest BCUT2D eigenvalue weighted by Crippen LogP contribution is 2.60. The van der Waals surface area contributed by atoms with Crippen LogP contribution in [0.5, 0.6) is 0 Å². The largest absolute Gasteiger partial charge is 0.311 e. The first kappa shape index (κ1) is 12.4. The average molecular weight is 339 g/mol. The molecule has 15 heavy (non-hydrogen) atoms. The zero-order valence-corrected chi connectivity index (χ0v) is 12.7. The van der Waals surface area contributed by atoms with Crippen molar-refractivity contribution >= 4 is 32.9 Å². The van der Waals surface area contributed by atoms with Crippen molar-refractivity contribution in [1.29, 1.82) is 0 Å². The van der Waals surface area contributed by atoms with Gasteiger partial charge in [0.1, 0.15) is 0 Å². The Morgan fingerprint density at radius 2 is 1.80 bits per heavy atom. The molecule has 1 N–H and O–H groups in total. The van der Waals surface area contributed by atoms with Gasteiger partial charge in [-0.15, -0.1) is 17.0 Å². The van der Waals surface area contributed by atoms with Crippen LogP contribution in [0.3, 0.4) is 0 Å². The lowest BCUT2D eigenvalue weighted by molar-refractivity contribution is 0.00000580. The van der Waals surface area contributed by atoms with E-state index in [1.807, 2.05) is 0 Å². The first-order valence-corrected chi connectivity index (χ1v) is 6.86. The van der Waals surface area contributed by atoms with Gasteiger partial charge in [-0.3, -0.25) is 0 Å². The molecule has 4 bridgehead atoms. The average Bonchev–Trinajstić information content (AvgIpc) is 1.97. The Balaban J connectivity index is 0.000000853. The van der Waals surface area contributed by atoms with Crippen LogP contribution >= 0.6 is 32.9 Å². The number of rotatable bonds is 2. The van der Waals surface area contributed by atoms with Gasteiger partial charge in [-0.1, -0.05) is 22.9 Å². The summed E-state index contributed by atoms with van der Waals surface area (Å²) in [6.07, 6.45) is 8.67. The van der Waals surface area contributed by atoms with Crippen molar-refractivity contribution < 1.29 is 0 Å². The van der Waals surface area contributed by atoms with Gasteiger partial charge < -0.3 is 5.32 Å². The van der Waals surface area contributed by atoms with Gasteiger partial charge in [0.15, 0.2) is 0 Å². The van der Waals surface area contributed by atoms with Gasteiger partial charge in [0, 0.05) is 9.86 Å². The molecule has 88 valence electrons. The van der Waals surface area contributed by atoms with E-state index in [1.165, 1.54) is 38.5 Å². The molecular weight excluding hydrogens is 318 g/mol. The Morgan fingerprint density at radius 1 is 1.20 bits per heavy atom. The molecule has 0 amide bonds. The molecule has 0 aromatic carbocycles. The molecule has 0 saturated heterocycles. The van der Waals surface area contributed by atoms with Crippen molar-refractivity contribution in [3.63, 3.8) is 0 Å². The molecule has 0 aromatic heterocycles. The molecule has 4 atom stereocenters. The van der Waals surface area contributed by atoms with E-state index in [4.69, 9.17) is 0 Å². The number of alkyl halides is 1. The van der Waals surface area contributed by atoms with Crippen LogP contribution in [0.1, 0.15) is 45.4 Å². The molecule has 4 aliphatic carbocycles. The van der Waals surface area contributed by atoms with E-state index in [0.29, 0.717) is 9.86 Å². The van der Waals surface area contributed by atoms with Crippen LogP contribution in [-0.2, 0) is 0 Å². The summed E-state index contributed by atoms with van der Waals surface area (Å²) < 4.78 is 0.513. The monoisotopic (exact) mass is 337 g/mol. The second-order valence-corrected chi connectivity index (χ2v) is 7.60. The smallest absolute Gasteiger partial charge is 0.0280 e. The van der Waals surface area contributed by atoms with Crippen molar-refractivity contribution in [1.82, 2.24) is 5.32 Å². The summed E-state index contributed by atoms with van der Waals surface area (Å²) >= 11 is 4.02. The van der Waals surface area contributed by atoms with E-state index >= 15 is 0 Å². The third-order valence-electron chi connectivity index (χ3n) is 4.54. The summed E-state index contributed by atoms with van der Waals surface area (Å²) in [5, 5.41) is 3.79. The minimum absolute atomic E-state index is 0. The predicted octanol–water partition coefficient (Wildman–Crippen LogP) is 3.66. The fraction of sp³-hybridized carbons (Fsp3) is 1.00. The second kappa shape index (κ2) is 3.99. The lowest BCUT2D eigenvalue weighted by atomic mass is 9.53. The van der Waals surface area contributed by atoms with Gasteiger partial charge in [-0.25, -0.2) is 0 Å². The van der Waals surface area contributed by atoms with Crippen LogP contribution < -0.4 is 5.32 Å². The fourth-order valence-electron chi connectivity index (χ4n) is 4.73. The highest BCUT2D eigenvalue weighted by atomic mass is 79.9. The van der Waals surface area contributed by atoms with Gasteiger partial charge in [0.05, 0.1) is 0 Å². The minimum Gasteiger partial charge on any atom is -0.311 e. The summed E-state index contributed by atoms with van der Waals surface area (Å²) in [7, 11) is 0. The van der Waals surface area contributed by atoms with E-state index in [0.717, 1.165) is 18.4 Å². The first-order chi connectivity index (χ1) is 6.63. The number of hydrogen-bond donors (Lipinski definition) is 1. The van der Waals surface area contributed by atoms with Gasteiger partial charge in [0.25, 0.3) is 0 Å². The third-order valence-corrected chi connectivity index (χ3v) is 5.47. The molecule has 0 aliphatic heterocycles. The van der Waals surface area contributed by atoms with Crippen molar-refractivity contribution in [2.45, 2.75) is 55.3 Å². The molecule has 0 spiro atoms. The van der Waals surface area contributed by atoms with Crippen molar-refractivity contribution in [2.24, 2.45) is 11.8 Å². The van der Waals surface area contributed by atoms with Gasteiger partial charge in [-0.05, 0) is 56.9 Å². The normalized spacial score (nSPS) is 51.6. The molecule has 4 saturated carbocycles. The molecule has 4 fully saturated rings. The summed E-state index contributed by atoms with van der Waals surface area (Å²) in [6, 6.07) is 0. The van der Waals surface area contributed by atoms with Crippen LogP contribution in [0, 0.1) is 11.8 Å². The van der Waals surface area contributed by atoms with Crippen molar-refractivity contribution in [2.75, 3.05) is 6.54 Å². The lowest BCUT2D eigenvalue weighted by Gasteiger charge is -2.60. The summed E-state index contributed by atoms with van der Waals surface area (Å²) in [5.74, 6) is 2.02. The standard InChI is InChI=1S/C12H20BrN.BrH/c1-2-14-12-6-9-3-10(7-12)5-11(13,4-9)8-12;/h9-10,14H,2-8H2,1H3;1H/t9-,10+,11?,12?;. The Labute approximate surface area is 112 Å². The molecule has 4 rings (SSSR count). The van der Waals surface area contributed by atoms with Crippen LogP contribution in [0.15, 0.2) is 0 Å². The Morgan fingerprint density at radius 3 is 2.27 bits per heavy atom. The maximum Gasteiger partial charge on any atom is 0.0280 e. The topological polar surface area (TPSA) is 12.0 Å². The van der Waals surface area contributed by atoms with E-state index in [2.05, 4.69) is 28.2 Å². The molecule has 1 nitrogen and oxygen atoms in total. The highest BCUT2D eigenvalue weighted by Gasteiger charge is 2.56. The lowest BCUT2D eigenvalue weighted by Crippen LogP contribution is -2.62. The maximum atomic E-state index is 4.02. The summed E-state index contributed by atoms with van der Waals surface area (Å²) in [6.45, 7) is 3.39. The van der Waals surface area contributed by atoms with Gasteiger partial charge >= 0.3 is 0 Å². The highest BCUT2D eigenvalue weighted by molar-refractivity contribution is 9.10. The Kier molecular flexibility index (Phi) is 3.29. The second-order valence-electron chi connectivity index (χ2n) is 5.92. The molecule has 0 radical (unpaired) electrons. The zero-order valence-electron chi connectivity index (χ0n) is 9.39. The maximum absolute atomic E-state index is 4.02. The molecular formula is C12H21Br2N. The fourth-order valence-corrected chi connectivity index (χ4v) is 6.18. The first-order valence-electron chi connectivity index (χ1n) is 6.07. The Bertz CT molecular complexity index is 240. The van der Waals surface area contributed by atoms with E-state index in [-0.39, 0.29) is 17.0 Å². The van der Waals surface area contributed by atoms with Gasteiger partial charge in [0.2, 0.25) is 0 Å². The van der Waals surface area contributed by atoms with E-state index < -0.39 is 0 Å². The molecule has 2 unspecified atom stereocenters. The van der Waals surface area contributed by atoms with Crippen LogP contribution in [0.4, 0.5) is 0 Å². The molecule has 4 aliphatic rings. The van der Waals surface area contributed by atoms with Crippen molar-refractivity contribution in [3.8, 4) is 0 Å². The molecule has 0 heterocycles.